The number of carboxylic acids is 1. The van der Waals surface area contributed by atoms with Gasteiger partial charge in [-0.15, -0.1) is 0 Å². The third kappa shape index (κ3) is 4.47. The lowest BCUT2D eigenvalue weighted by molar-refractivity contribution is -0.272. The van der Waals surface area contributed by atoms with Gasteiger partial charge in [-0.3, -0.25) is 0 Å². The average Bonchev–Trinajstić information content (AvgIpc) is 3.15. The largest absolute Gasteiger partial charge is 0.478 e. The molecule has 6 nitrogen and oxygen atoms in total. The molecular formula is C22H15BrCl2F3N3O3. The smallest absolute Gasteiger partial charge is 0.424 e. The highest BCUT2D eigenvalue weighted by Gasteiger charge is 2.65. The topological polar surface area (TPSA) is 75.5 Å². The van der Waals surface area contributed by atoms with E-state index in [1.165, 1.54) is 36.7 Å². The van der Waals surface area contributed by atoms with Crippen LogP contribution in [0, 0.1) is 6.92 Å². The van der Waals surface area contributed by atoms with E-state index < -0.39 is 30.2 Å². The number of rotatable bonds is 4. The number of aryl methyl sites for hydroxylation is 1. The third-order valence-corrected chi connectivity index (χ3v) is 6.32. The molecule has 2 heterocycles. The zero-order valence-corrected chi connectivity index (χ0v) is 20.4. The van der Waals surface area contributed by atoms with E-state index in [0.717, 1.165) is 17.2 Å². The maximum absolute atomic E-state index is 14.7. The number of aromatic carboxylic acids is 1. The molecule has 1 N–H and O–H groups in total. The minimum Gasteiger partial charge on any atom is -0.478 e. The van der Waals surface area contributed by atoms with Gasteiger partial charge < -0.3 is 5.11 Å². The monoisotopic (exact) mass is 575 g/mol. The molecule has 12 heteroatoms. The van der Waals surface area contributed by atoms with Crippen molar-refractivity contribution in [1.29, 1.82) is 0 Å². The molecule has 1 saturated heterocycles. The molecule has 3 aromatic rings. The molecule has 1 aliphatic heterocycles. The van der Waals surface area contributed by atoms with Crippen LogP contribution in [-0.2, 0) is 10.4 Å². The fourth-order valence-corrected chi connectivity index (χ4v) is 4.63. The van der Waals surface area contributed by atoms with Gasteiger partial charge in [0.1, 0.15) is 0 Å². The van der Waals surface area contributed by atoms with E-state index in [1.807, 2.05) is 0 Å². The van der Waals surface area contributed by atoms with E-state index >= 15 is 0 Å². The maximum atomic E-state index is 14.7. The van der Waals surface area contributed by atoms with E-state index in [0.29, 0.717) is 15.6 Å². The quantitative estimate of drug-likeness (QED) is 0.364. The van der Waals surface area contributed by atoms with Gasteiger partial charge in [-0.2, -0.15) is 13.2 Å². The minimum absolute atomic E-state index is 0.0197. The first-order valence-electron chi connectivity index (χ1n) is 9.74. The fraction of sp³-hybridized carbons (Fsp3) is 0.227. The molecule has 0 bridgehead atoms. The summed E-state index contributed by atoms with van der Waals surface area (Å²) in [6.45, 7) is 1.57. The second-order valence-corrected chi connectivity index (χ2v) is 9.49. The maximum Gasteiger partial charge on any atom is 0.424 e. The molecule has 178 valence electrons. The third-order valence-electron chi connectivity index (χ3n) is 5.47. The first-order valence-corrected chi connectivity index (χ1v) is 11.3. The highest BCUT2D eigenvalue weighted by atomic mass is 79.9. The lowest BCUT2D eigenvalue weighted by Crippen LogP contribution is -2.43. The SMILES string of the molecule is Cc1cc(C2CC(c3cc(Cl)cc(Cl)c3)(C(F)(F)F)ON2c2ncc(Br)cn2)ccc1C(=O)O. The molecule has 34 heavy (non-hydrogen) atoms. The minimum atomic E-state index is -4.88. The predicted molar refractivity (Wildman–Crippen MR) is 123 cm³/mol. The molecule has 1 aliphatic rings. The molecule has 2 unspecified atom stereocenters. The Kier molecular flexibility index (Phi) is 6.54. The summed E-state index contributed by atoms with van der Waals surface area (Å²) in [5.41, 5.74) is -2.27. The van der Waals surface area contributed by atoms with Crippen LogP contribution >= 0.6 is 39.1 Å². The second kappa shape index (κ2) is 8.99. The Balaban J connectivity index is 1.90. The van der Waals surface area contributed by atoms with Crippen LogP contribution in [0.15, 0.2) is 53.3 Å². The van der Waals surface area contributed by atoms with Crippen LogP contribution in [0.4, 0.5) is 19.1 Å². The summed E-state index contributed by atoms with van der Waals surface area (Å²) < 4.78 is 44.6. The Morgan fingerprint density at radius 2 is 1.79 bits per heavy atom. The Hall–Kier alpha value is -2.40. The van der Waals surface area contributed by atoms with Crippen molar-refractivity contribution < 1.29 is 27.9 Å². The summed E-state index contributed by atoms with van der Waals surface area (Å²) in [5, 5.41) is 10.4. The Morgan fingerprint density at radius 1 is 1.18 bits per heavy atom. The van der Waals surface area contributed by atoms with E-state index in [-0.39, 0.29) is 27.1 Å². The summed E-state index contributed by atoms with van der Waals surface area (Å²) in [6.07, 6.45) is -2.70. The van der Waals surface area contributed by atoms with E-state index in [1.54, 1.807) is 6.92 Å². The summed E-state index contributed by atoms with van der Waals surface area (Å²) >= 11 is 15.3. The summed E-state index contributed by atoms with van der Waals surface area (Å²) in [4.78, 5) is 25.3. The van der Waals surface area contributed by atoms with Gasteiger partial charge in [0.25, 0.3) is 0 Å². The van der Waals surface area contributed by atoms with Gasteiger partial charge in [-0.05, 0) is 63.8 Å². The van der Waals surface area contributed by atoms with Gasteiger partial charge in [-0.25, -0.2) is 24.7 Å². The molecule has 0 saturated carbocycles. The summed E-state index contributed by atoms with van der Waals surface area (Å²) in [6, 6.07) is 6.94. The van der Waals surface area contributed by atoms with Crippen molar-refractivity contribution in [2.24, 2.45) is 0 Å². The van der Waals surface area contributed by atoms with E-state index in [9.17, 15) is 23.1 Å². The van der Waals surface area contributed by atoms with Crippen LogP contribution in [0.25, 0.3) is 0 Å². The van der Waals surface area contributed by atoms with Crippen molar-refractivity contribution >= 4 is 51.0 Å². The van der Waals surface area contributed by atoms with Crippen LogP contribution < -0.4 is 5.06 Å². The number of alkyl halides is 3. The number of halogens is 6. The van der Waals surface area contributed by atoms with Gasteiger partial charge in [0.05, 0.1) is 16.1 Å². The Labute approximate surface area is 210 Å². The first kappa shape index (κ1) is 24.7. The molecule has 2 aromatic carbocycles. The predicted octanol–water partition coefficient (Wildman–Crippen LogP) is 6.89. The van der Waals surface area contributed by atoms with Gasteiger partial charge >= 0.3 is 12.1 Å². The van der Waals surface area contributed by atoms with Crippen molar-refractivity contribution in [2.75, 3.05) is 5.06 Å². The number of aromatic nitrogens is 2. The molecule has 0 amide bonds. The number of hydrogen-bond donors (Lipinski definition) is 1. The summed E-state index contributed by atoms with van der Waals surface area (Å²) in [5.74, 6) is -1.24. The Bertz CT molecular complexity index is 1240. The molecule has 0 spiro atoms. The Morgan fingerprint density at radius 3 is 2.32 bits per heavy atom. The van der Waals surface area contributed by atoms with Gasteiger partial charge in [-0.1, -0.05) is 35.3 Å². The zero-order chi connectivity index (χ0) is 24.8. The lowest BCUT2D eigenvalue weighted by Gasteiger charge is -2.31. The van der Waals surface area contributed by atoms with Gasteiger partial charge in [0.2, 0.25) is 11.5 Å². The molecule has 0 aliphatic carbocycles. The number of carboxylic acid groups (broad SMARTS) is 1. The molecule has 1 aromatic heterocycles. The molecule has 2 atom stereocenters. The number of hydroxylamine groups is 1. The molecular weight excluding hydrogens is 562 g/mol. The fourth-order valence-electron chi connectivity index (χ4n) is 3.90. The molecule has 1 fully saturated rings. The van der Waals surface area contributed by atoms with Crippen molar-refractivity contribution in [3.8, 4) is 0 Å². The van der Waals surface area contributed by atoms with Crippen molar-refractivity contribution in [3.05, 3.63) is 85.6 Å². The lowest BCUT2D eigenvalue weighted by atomic mass is 9.85. The first-order chi connectivity index (χ1) is 15.9. The number of anilines is 1. The number of benzene rings is 2. The number of hydrogen-bond acceptors (Lipinski definition) is 5. The average molecular weight is 577 g/mol. The second-order valence-electron chi connectivity index (χ2n) is 7.70. The summed E-state index contributed by atoms with van der Waals surface area (Å²) in [7, 11) is 0. The van der Waals surface area contributed by atoms with Crippen LogP contribution in [0.1, 0.15) is 39.5 Å². The van der Waals surface area contributed by atoms with E-state index in [4.69, 9.17) is 28.0 Å². The molecule has 4 rings (SSSR count). The highest BCUT2D eigenvalue weighted by Crippen LogP contribution is 2.56. The number of carbonyl (C=O) groups is 1. The van der Waals surface area contributed by atoms with Crippen LogP contribution in [0.2, 0.25) is 10.0 Å². The normalized spacial score (nSPS) is 20.6. The standard InChI is InChI=1S/C22H15BrCl2F3N3O3/c1-11-4-12(2-3-17(11)19(32)33)18-8-21(22(26,27)28,13-5-15(24)7-16(25)6-13)34-31(18)20-29-9-14(23)10-30-20/h2-7,9-10,18H,8H2,1H3,(H,32,33). The van der Waals surface area contributed by atoms with Gasteiger partial charge in [0, 0.05) is 28.9 Å². The van der Waals surface area contributed by atoms with Crippen LogP contribution in [0.3, 0.4) is 0 Å². The van der Waals surface area contributed by atoms with Crippen molar-refractivity contribution in [3.63, 3.8) is 0 Å². The highest BCUT2D eigenvalue weighted by molar-refractivity contribution is 9.10. The zero-order valence-electron chi connectivity index (χ0n) is 17.3. The van der Waals surface area contributed by atoms with Crippen LogP contribution in [0.5, 0.6) is 0 Å². The van der Waals surface area contributed by atoms with Crippen molar-refractivity contribution in [1.82, 2.24) is 9.97 Å². The molecule has 0 radical (unpaired) electrons. The van der Waals surface area contributed by atoms with E-state index in [2.05, 4.69) is 25.9 Å². The van der Waals surface area contributed by atoms with Crippen molar-refractivity contribution in [2.45, 2.75) is 31.2 Å². The number of nitrogens with zero attached hydrogens (tertiary/aromatic N) is 3. The van der Waals surface area contributed by atoms with Gasteiger partial charge in [0.15, 0.2) is 0 Å². The van der Waals surface area contributed by atoms with Crippen LogP contribution in [-0.4, -0.2) is 27.2 Å².